The molecule has 30 nitrogen and oxygen atoms in total. The molecule has 0 radical (unpaired) electrons. The molecule has 3 aliphatic heterocycles. The van der Waals surface area contributed by atoms with Crippen molar-refractivity contribution in [2.24, 2.45) is 17.8 Å². The van der Waals surface area contributed by atoms with Gasteiger partial charge in [-0.1, -0.05) is 79.1 Å². The lowest BCUT2D eigenvalue weighted by atomic mass is 9.91. The monoisotopic (exact) mass is 1460 g/mol. The lowest BCUT2D eigenvalue weighted by molar-refractivity contribution is -0.282. The summed E-state index contributed by atoms with van der Waals surface area (Å²) in [6.07, 6.45) is 1.03. The summed E-state index contributed by atoms with van der Waals surface area (Å²) < 4.78 is 51.4. The molecule has 0 aliphatic carbocycles. The summed E-state index contributed by atoms with van der Waals surface area (Å²) in [5.41, 5.74) is -0.458. The molecule has 582 valence electrons. The maximum absolute atomic E-state index is 14.5. The summed E-state index contributed by atoms with van der Waals surface area (Å²) >= 11 is 0. The third-order valence-electron chi connectivity index (χ3n) is 18.7. The van der Waals surface area contributed by atoms with Crippen LogP contribution in [0.2, 0.25) is 0 Å². The van der Waals surface area contributed by atoms with Crippen LogP contribution in [0.5, 0.6) is 0 Å². The number of amides is 5. The molecule has 3 rings (SSSR count). The van der Waals surface area contributed by atoms with Gasteiger partial charge in [0.25, 0.3) is 0 Å². The first-order chi connectivity index (χ1) is 47.8. The van der Waals surface area contributed by atoms with E-state index in [4.69, 9.17) is 32.9 Å². The van der Waals surface area contributed by atoms with Crippen LogP contribution in [0.25, 0.3) is 0 Å². The van der Waals surface area contributed by atoms with E-state index in [2.05, 4.69) is 26.6 Å². The van der Waals surface area contributed by atoms with E-state index in [0.717, 1.165) is 25.7 Å². The number of ketones is 2. The zero-order valence-corrected chi connectivity index (χ0v) is 60.9. The molecule has 3 heterocycles. The second kappa shape index (κ2) is 51.4. The van der Waals surface area contributed by atoms with E-state index >= 15 is 0 Å². The fourth-order valence-electron chi connectivity index (χ4n) is 12.0. The Kier molecular flexibility index (Phi) is 46.5. The Balaban J connectivity index is 1.57. The molecule has 9 unspecified atom stereocenters. The summed E-state index contributed by atoms with van der Waals surface area (Å²) in [5.74, 6) is -3.57. The predicted molar refractivity (Wildman–Crippen MR) is 366 cm³/mol. The first-order valence-electron chi connectivity index (χ1n) is 36.9. The summed E-state index contributed by atoms with van der Waals surface area (Å²) in [5, 5.41) is 105. The SMILES string of the molecule is CC(=O)N[C@H]1C(O)[C@@H](O)C(CO)O[C@H]1OCCCCCC(=O)NCCCCC(CC(=O)C(CCCCNC(=O)CCCCCO[C@@H]1OC(CO)[C@H](O)C(O)[C@@H]1C)NC(=O)CCCCCO[C@@H]1OC(CO)[C@H](O)C(O)[C@@H]1C)C(=O)NCCCCCC(=O)CCCCCCCOP(=O)(O)C(C)C. The van der Waals surface area contributed by atoms with Gasteiger partial charge < -0.3 is 110 Å². The van der Waals surface area contributed by atoms with Crippen molar-refractivity contribution >= 4 is 48.7 Å². The van der Waals surface area contributed by atoms with Gasteiger partial charge in [0.05, 0.1) is 50.3 Å². The van der Waals surface area contributed by atoms with Crippen LogP contribution in [0.15, 0.2) is 0 Å². The number of nitrogens with one attached hydrogen (secondary N) is 5. The van der Waals surface area contributed by atoms with E-state index in [0.29, 0.717) is 148 Å². The van der Waals surface area contributed by atoms with Crippen LogP contribution in [-0.4, -0.2) is 249 Å². The second-order valence-electron chi connectivity index (χ2n) is 27.4. The van der Waals surface area contributed by atoms with Gasteiger partial charge in [-0.15, -0.1) is 0 Å². The summed E-state index contributed by atoms with van der Waals surface area (Å²) in [6, 6.07) is -2.02. The molecular weight excluding hydrogens is 1330 g/mol. The number of unbranched alkanes of at least 4 members (excludes halogenated alkanes) is 14. The van der Waals surface area contributed by atoms with E-state index in [9.17, 15) is 89.0 Å². The first-order valence-corrected chi connectivity index (χ1v) is 38.5. The van der Waals surface area contributed by atoms with Crippen molar-refractivity contribution in [2.45, 2.75) is 312 Å². The summed E-state index contributed by atoms with van der Waals surface area (Å²) in [7, 11) is -3.59. The van der Waals surface area contributed by atoms with Gasteiger partial charge in [-0.3, -0.25) is 38.1 Å². The second-order valence-corrected chi connectivity index (χ2v) is 29.9. The Bertz CT molecular complexity index is 2370. The highest BCUT2D eigenvalue weighted by Crippen LogP contribution is 2.47. The van der Waals surface area contributed by atoms with Gasteiger partial charge in [0.1, 0.15) is 54.6 Å². The minimum atomic E-state index is -3.59. The van der Waals surface area contributed by atoms with Crippen molar-refractivity contribution in [1.82, 2.24) is 26.6 Å². The molecule has 100 heavy (non-hydrogen) atoms. The molecule has 0 spiro atoms. The fourth-order valence-corrected chi connectivity index (χ4v) is 12.7. The highest BCUT2D eigenvalue weighted by molar-refractivity contribution is 7.53. The molecule has 0 aromatic heterocycles. The first kappa shape index (κ1) is 90.5. The van der Waals surface area contributed by atoms with E-state index in [1.807, 2.05) is 0 Å². The molecule has 3 saturated heterocycles. The van der Waals surface area contributed by atoms with Gasteiger partial charge in [-0.05, 0) is 96.3 Å². The summed E-state index contributed by atoms with van der Waals surface area (Å²) in [6.45, 7) is 8.13. The predicted octanol–water partition coefficient (Wildman–Crippen LogP) is 2.64. The number of ether oxygens (including phenoxy) is 6. The molecule has 18 atom stereocenters. The average molecular weight is 1460 g/mol. The van der Waals surface area contributed by atoms with Crippen molar-refractivity contribution in [1.29, 1.82) is 0 Å². The molecule has 3 aliphatic rings. The number of Topliss-reactive ketones (excluding diaryl/α,β-unsaturated/α-hetero) is 2. The fraction of sp³-hybridized carbons (Fsp3) is 0.899. The topological polar surface area (TPSA) is 464 Å². The molecular formula is C69H126N5O25P. The molecule has 15 N–H and O–H groups in total. The van der Waals surface area contributed by atoms with Crippen molar-refractivity contribution in [3.8, 4) is 0 Å². The van der Waals surface area contributed by atoms with Gasteiger partial charge >= 0.3 is 7.60 Å². The normalized spacial score (nSPS) is 26.7. The van der Waals surface area contributed by atoms with Crippen LogP contribution < -0.4 is 26.6 Å². The van der Waals surface area contributed by atoms with Crippen LogP contribution in [-0.2, 0) is 71.1 Å². The van der Waals surface area contributed by atoms with Crippen molar-refractivity contribution in [2.75, 3.05) is 65.9 Å². The molecule has 31 heteroatoms. The molecule has 0 bridgehead atoms. The van der Waals surface area contributed by atoms with Crippen molar-refractivity contribution < 1.29 is 122 Å². The number of rotatable bonds is 56. The third kappa shape index (κ3) is 35.3. The van der Waals surface area contributed by atoms with Gasteiger partial charge in [-0.25, -0.2) is 0 Å². The Morgan fingerprint density at radius 3 is 1.34 bits per heavy atom. The van der Waals surface area contributed by atoms with Crippen LogP contribution >= 0.6 is 7.60 Å². The van der Waals surface area contributed by atoms with Crippen molar-refractivity contribution in [3.05, 3.63) is 0 Å². The third-order valence-corrected chi connectivity index (χ3v) is 20.5. The smallest absolute Gasteiger partial charge is 0.330 e. The lowest BCUT2D eigenvalue weighted by Crippen LogP contribution is -2.64. The zero-order valence-electron chi connectivity index (χ0n) is 60.0. The number of aliphatic hydroxyl groups excluding tert-OH is 9. The molecule has 5 amide bonds. The zero-order chi connectivity index (χ0) is 74.0. The number of hydrogen-bond acceptors (Lipinski definition) is 24. The van der Waals surface area contributed by atoms with Gasteiger partial charge in [0.2, 0.25) is 29.5 Å². The van der Waals surface area contributed by atoms with Gasteiger partial charge in [0, 0.05) is 103 Å². The number of aliphatic hydroxyl groups is 9. The maximum atomic E-state index is 14.5. The Morgan fingerprint density at radius 1 is 0.460 bits per heavy atom. The molecule has 0 aromatic carbocycles. The van der Waals surface area contributed by atoms with Crippen LogP contribution in [0.4, 0.5) is 0 Å². The number of carbonyl (C=O) groups is 7. The quantitative estimate of drug-likeness (QED) is 0.0307. The highest BCUT2D eigenvalue weighted by Gasteiger charge is 2.46. The lowest BCUT2D eigenvalue weighted by Gasteiger charge is -2.42. The van der Waals surface area contributed by atoms with E-state index in [-0.39, 0.29) is 93.7 Å². The van der Waals surface area contributed by atoms with E-state index < -0.39 is 143 Å². The molecule has 0 aromatic rings. The van der Waals surface area contributed by atoms with Crippen LogP contribution in [0.3, 0.4) is 0 Å². The van der Waals surface area contributed by atoms with Crippen LogP contribution in [0, 0.1) is 17.8 Å². The molecule has 3 fully saturated rings. The maximum Gasteiger partial charge on any atom is 0.330 e. The van der Waals surface area contributed by atoms with E-state index in [1.54, 1.807) is 27.7 Å². The Labute approximate surface area is 591 Å². The molecule has 0 saturated carbocycles. The van der Waals surface area contributed by atoms with Crippen LogP contribution in [0.1, 0.15) is 221 Å². The highest BCUT2D eigenvalue weighted by atomic mass is 31.2. The largest absolute Gasteiger partial charge is 0.394 e. The number of hydrogen-bond donors (Lipinski definition) is 15. The standard InChI is InChI=1S/C69H126N5O25P/c1-45(2)100(91,92)96-40-26-8-6-7-13-28-50(79)29-14-9-20-36-72-66(90)49(27-18-21-34-70-56(81)32-16-11-25-39-95-69-59(73-48(5)78)65(89)64(88)55(44-77)99-69)41-52(80)51(74-58(83)33-17-12-24-38-94-68-47(4)61(85)63(87)54(43-76)98-68)30-19-22-35-71-57(82)31-15-10-23-37-93-67-46(3)60(84)62(86)53(42-75)97-67/h45-47,49,51,53-55,59-65,67-69,75-77,84-89H,6-44H2,1-5H3,(H,70,81)(H,71,82)(H,72,90)(H,73,78)(H,74,83)(H,91,92)/t46-,47-,49?,51?,53?,54?,55?,59-,60?,61?,62-,63-,64-,65?,67+,68+,69+/m0/s1. The van der Waals surface area contributed by atoms with Gasteiger partial charge in [0.15, 0.2) is 24.7 Å². The average Bonchev–Trinajstić information content (AvgIpc) is 0.830. The van der Waals surface area contributed by atoms with Gasteiger partial charge in [-0.2, -0.15) is 0 Å². The minimum Gasteiger partial charge on any atom is -0.394 e. The number of carbonyl (C=O) groups excluding carboxylic acids is 7. The van der Waals surface area contributed by atoms with E-state index in [1.165, 1.54) is 6.92 Å². The van der Waals surface area contributed by atoms with Crippen molar-refractivity contribution in [3.63, 3.8) is 0 Å². The summed E-state index contributed by atoms with van der Waals surface area (Å²) in [4.78, 5) is 102. The Hall–Kier alpha value is -3.76. The Morgan fingerprint density at radius 2 is 0.850 bits per heavy atom. The minimum absolute atomic E-state index is 0.0798.